The van der Waals surface area contributed by atoms with Crippen LogP contribution in [0.5, 0.6) is 0 Å². The molecule has 0 aliphatic rings. The van der Waals surface area contributed by atoms with Gasteiger partial charge in [-0.25, -0.2) is 8.42 Å². The fourth-order valence-corrected chi connectivity index (χ4v) is 2.71. The number of sulfonamides is 1. The highest BCUT2D eigenvalue weighted by Crippen LogP contribution is 2.11. The Kier molecular flexibility index (Phi) is 4.62. The first-order valence-electron chi connectivity index (χ1n) is 5.32. The summed E-state index contributed by atoms with van der Waals surface area (Å²) in [6.07, 6.45) is -0.611. The molecule has 0 bridgehead atoms. The van der Waals surface area contributed by atoms with E-state index in [2.05, 4.69) is 0 Å². The molecule has 0 radical (unpaired) electrons. The van der Waals surface area contributed by atoms with E-state index in [1.54, 1.807) is 13.0 Å². The lowest BCUT2D eigenvalue weighted by Gasteiger charge is -2.13. The molecule has 4 N–H and O–H groups in total. The minimum atomic E-state index is -4.01. The lowest BCUT2D eigenvalue weighted by molar-refractivity contribution is -0.140. The number of carboxylic acids is 1. The van der Waals surface area contributed by atoms with Crippen LogP contribution in [-0.4, -0.2) is 31.4 Å². The Morgan fingerprint density at radius 1 is 1.42 bits per heavy atom. The summed E-state index contributed by atoms with van der Waals surface area (Å²) in [5.41, 5.74) is 5.59. The molecule has 0 spiro atoms. The molecule has 0 saturated heterocycles. The standard InChI is InChI=1S/C11H14N2O5S/c1-7-3-2-4-8(5-7)19(17,18)13-9(11(15)16)6-10(12)14/h2-5,9,13H,6H2,1H3,(H2,12,14)(H,15,16). The maximum absolute atomic E-state index is 12.0. The van der Waals surface area contributed by atoms with E-state index in [1.807, 2.05) is 4.72 Å². The predicted molar refractivity (Wildman–Crippen MR) is 66.7 cm³/mol. The monoisotopic (exact) mass is 286 g/mol. The highest BCUT2D eigenvalue weighted by atomic mass is 32.2. The second-order valence-corrected chi connectivity index (χ2v) is 5.71. The molecule has 1 amide bonds. The zero-order valence-corrected chi connectivity index (χ0v) is 11.0. The lowest BCUT2D eigenvalue weighted by Crippen LogP contribution is -2.43. The van der Waals surface area contributed by atoms with Gasteiger partial charge in [0, 0.05) is 0 Å². The summed E-state index contributed by atoms with van der Waals surface area (Å²) in [6, 6.07) is 4.39. The highest BCUT2D eigenvalue weighted by molar-refractivity contribution is 7.89. The van der Waals surface area contributed by atoms with E-state index in [9.17, 15) is 18.0 Å². The average molecular weight is 286 g/mol. The number of nitrogens with two attached hydrogens (primary N) is 1. The minimum Gasteiger partial charge on any atom is -0.480 e. The van der Waals surface area contributed by atoms with E-state index in [4.69, 9.17) is 10.8 Å². The normalized spacial score (nSPS) is 12.9. The second kappa shape index (κ2) is 5.81. The van der Waals surface area contributed by atoms with E-state index in [-0.39, 0.29) is 4.90 Å². The number of carboxylic acid groups (broad SMARTS) is 1. The quantitative estimate of drug-likeness (QED) is 0.656. The van der Waals surface area contributed by atoms with Crippen molar-refractivity contribution in [2.24, 2.45) is 5.73 Å². The molecule has 0 aromatic heterocycles. The zero-order valence-electron chi connectivity index (χ0n) is 10.2. The molecule has 19 heavy (non-hydrogen) atoms. The maximum atomic E-state index is 12.0. The van der Waals surface area contributed by atoms with Gasteiger partial charge in [-0.1, -0.05) is 12.1 Å². The minimum absolute atomic E-state index is 0.0665. The number of carbonyl (C=O) groups excluding carboxylic acids is 1. The molecule has 0 heterocycles. The van der Waals surface area contributed by atoms with Gasteiger partial charge >= 0.3 is 5.97 Å². The predicted octanol–water partition coefficient (Wildman–Crippen LogP) is -0.398. The number of primary amides is 1. The van der Waals surface area contributed by atoms with Crippen LogP contribution in [-0.2, 0) is 19.6 Å². The van der Waals surface area contributed by atoms with Gasteiger partial charge in [-0.15, -0.1) is 0 Å². The largest absolute Gasteiger partial charge is 0.480 e. The van der Waals surface area contributed by atoms with Gasteiger partial charge in [-0.05, 0) is 24.6 Å². The zero-order chi connectivity index (χ0) is 14.6. The Balaban J connectivity index is 3.00. The van der Waals surface area contributed by atoms with E-state index in [0.29, 0.717) is 5.56 Å². The molecule has 1 atom stereocenters. The van der Waals surface area contributed by atoms with Gasteiger partial charge in [0.25, 0.3) is 0 Å². The van der Waals surface area contributed by atoms with Crippen LogP contribution in [0.2, 0.25) is 0 Å². The van der Waals surface area contributed by atoms with Crippen LogP contribution in [0.15, 0.2) is 29.2 Å². The molecule has 8 heteroatoms. The van der Waals surface area contributed by atoms with Crippen LogP contribution in [0, 0.1) is 6.92 Å². The lowest BCUT2D eigenvalue weighted by atomic mass is 10.2. The number of hydrogen-bond donors (Lipinski definition) is 3. The number of rotatable bonds is 6. The molecule has 0 aliphatic heterocycles. The molecule has 1 rings (SSSR count). The van der Waals surface area contributed by atoms with Crippen molar-refractivity contribution in [3.63, 3.8) is 0 Å². The molecule has 0 saturated carbocycles. The maximum Gasteiger partial charge on any atom is 0.322 e. The van der Waals surface area contributed by atoms with Crippen molar-refractivity contribution in [1.82, 2.24) is 4.72 Å². The van der Waals surface area contributed by atoms with Crippen LogP contribution in [0.4, 0.5) is 0 Å². The number of carbonyl (C=O) groups is 2. The molecule has 1 unspecified atom stereocenters. The van der Waals surface area contributed by atoms with Gasteiger partial charge < -0.3 is 10.8 Å². The number of nitrogens with one attached hydrogen (secondary N) is 1. The third-order valence-electron chi connectivity index (χ3n) is 2.30. The van der Waals surface area contributed by atoms with Crippen molar-refractivity contribution in [2.45, 2.75) is 24.3 Å². The SMILES string of the molecule is Cc1cccc(S(=O)(=O)NC(CC(N)=O)C(=O)O)c1. The highest BCUT2D eigenvalue weighted by Gasteiger charge is 2.26. The van der Waals surface area contributed by atoms with Crippen molar-refractivity contribution in [1.29, 1.82) is 0 Å². The van der Waals surface area contributed by atoms with Gasteiger partial charge in [0.05, 0.1) is 11.3 Å². The van der Waals surface area contributed by atoms with Crippen molar-refractivity contribution in [3.05, 3.63) is 29.8 Å². The summed E-state index contributed by atoms with van der Waals surface area (Å²) in [5, 5.41) is 8.85. The van der Waals surface area contributed by atoms with Gasteiger partial charge in [-0.2, -0.15) is 4.72 Å². The summed E-state index contributed by atoms with van der Waals surface area (Å²) in [5.74, 6) is -2.37. The first-order valence-corrected chi connectivity index (χ1v) is 6.81. The second-order valence-electron chi connectivity index (χ2n) is 4.00. The molecular weight excluding hydrogens is 272 g/mol. The fraction of sp³-hybridized carbons (Fsp3) is 0.273. The van der Waals surface area contributed by atoms with Gasteiger partial charge in [0.15, 0.2) is 0 Å². The van der Waals surface area contributed by atoms with Crippen LogP contribution in [0.3, 0.4) is 0 Å². The summed E-state index contributed by atoms with van der Waals surface area (Å²) in [7, 11) is -4.01. The van der Waals surface area contributed by atoms with Crippen molar-refractivity contribution in [3.8, 4) is 0 Å². The molecular formula is C11H14N2O5S. The van der Waals surface area contributed by atoms with E-state index in [0.717, 1.165) is 0 Å². The molecule has 1 aromatic carbocycles. The van der Waals surface area contributed by atoms with Crippen LogP contribution in [0.25, 0.3) is 0 Å². The number of amides is 1. The molecule has 104 valence electrons. The van der Waals surface area contributed by atoms with E-state index >= 15 is 0 Å². The smallest absolute Gasteiger partial charge is 0.322 e. The molecule has 1 aromatic rings. The third kappa shape index (κ3) is 4.34. The first kappa shape index (κ1) is 15.1. The Morgan fingerprint density at radius 2 is 2.05 bits per heavy atom. The van der Waals surface area contributed by atoms with E-state index < -0.39 is 34.4 Å². The van der Waals surface area contributed by atoms with Crippen LogP contribution < -0.4 is 10.5 Å². The third-order valence-corrected chi connectivity index (χ3v) is 3.77. The number of benzene rings is 1. The number of hydrogen-bond acceptors (Lipinski definition) is 4. The van der Waals surface area contributed by atoms with E-state index in [1.165, 1.54) is 18.2 Å². The average Bonchev–Trinajstić information content (AvgIpc) is 2.27. The van der Waals surface area contributed by atoms with Gasteiger partial charge in [0.2, 0.25) is 15.9 Å². The summed E-state index contributed by atoms with van der Waals surface area (Å²) < 4.78 is 25.8. The first-order chi connectivity index (χ1) is 8.72. The van der Waals surface area contributed by atoms with Crippen LogP contribution in [0.1, 0.15) is 12.0 Å². The summed E-state index contributed by atoms with van der Waals surface area (Å²) in [4.78, 5) is 21.5. The number of aliphatic carboxylic acids is 1. The number of aryl methyl sites for hydroxylation is 1. The Labute approximate surface area is 110 Å². The Bertz CT molecular complexity index is 597. The molecule has 7 nitrogen and oxygen atoms in total. The molecule has 0 fully saturated rings. The van der Waals surface area contributed by atoms with Crippen molar-refractivity contribution < 1.29 is 23.1 Å². The summed E-state index contributed by atoms with van der Waals surface area (Å²) >= 11 is 0. The summed E-state index contributed by atoms with van der Waals surface area (Å²) in [6.45, 7) is 1.71. The van der Waals surface area contributed by atoms with Crippen molar-refractivity contribution in [2.75, 3.05) is 0 Å². The van der Waals surface area contributed by atoms with Gasteiger partial charge in [0.1, 0.15) is 6.04 Å². The van der Waals surface area contributed by atoms with Gasteiger partial charge in [-0.3, -0.25) is 9.59 Å². The topological polar surface area (TPSA) is 127 Å². The Hall–Kier alpha value is -1.93. The van der Waals surface area contributed by atoms with Crippen molar-refractivity contribution >= 4 is 21.9 Å². The fourth-order valence-electron chi connectivity index (χ4n) is 1.42. The Morgan fingerprint density at radius 3 is 2.53 bits per heavy atom. The van der Waals surface area contributed by atoms with Crippen LogP contribution >= 0.6 is 0 Å². The molecule has 0 aliphatic carbocycles.